The minimum atomic E-state index is -0.492. The zero-order valence-electron chi connectivity index (χ0n) is 13.3. The van der Waals surface area contributed by atoms with Crippen LogP contribution >= 0.6 is 0 Å². The van der Waals surface area contributed by atoms with Gasteiger partial charge >= 0.3 is 0 Å². The minimum Gasteiger partial charge on any atom is -0.347 e. The SMILES string of the molecule is O=C(Cn1cncn1)N[C@@H](Cc1cccc(F)c1)c1cccc(F)c1. The number of carbonyl (C=O) groups excluding carboxylic acids is 1. The van der Waals surface area contributed by atoms with Gasteiger partial charge in [-0.1, -0.05) is 24.3 Å². The standard InChI is InChI=1S/C18H16F2N4O/c19-15-5-1-3-13(7-15)8-17(14-4-2-6-16(20)9-14)23-18(25)10-24-12-21-11-22-24/h1-7,9,11-12,17H,8,10H2,(H,23,25)/t17-/m0/s1. The van der Waals surface area contributed by atoms with Gasteiger partial charge in [-0.3, -0.25) is 4.79 Å². The van der Waals surface area contributed by atoms with Crippen LogP contribution in [0.1, 0.15) is 17.2 Å². The molecule has 3 rings (SSSR count). The van der Waals surface area contributed by atoms with E-state index in [0.717, 1.165) is 0 Å². The van der Waals surface area contributed by atoms with E-state index in [9.17, 15) is 13.6 Å². The zero-order valence-corrected chi connectivity index (χ0v) is 13.3. The Labute approximate surface area is 143 Å². The van der Waals surface area contributed by atoms with Gasteiger partial charge in [-0.25, -0.2) is 18.4 Å². The Bertz CT molecular complexity index is 852. The van der Waals surface area contributed by atoms with Gasteiger partial charge in [0.1, 0.15) is 30.8 Å². The molecule has 0 saturated carbocycles. The van der Waals surface area contributed by atoms with Crippen LogP contribution < -0.4 is 5.32 Å². The van der Waals surface area contributed by atoms with Crippen LogP contribution in [0.15, 0.2) is 61.2 Å². The monoisotopic (exact) mass is 342 g/mol. The van der Waals surface area contributed by atoms with Crippen molar-refractivity contribution in [1.82, 2.24) is 20.1 Å². The number of hydrogen-bond acceptors (Lipinski definition) is 3. The summed E-state index contributed by atoms with van der Waals surface area (Å²) in [4.78, 5) is 16.1. The minimum absolute atomic E-state index is 0.00499. The molecule has 0 radical (unpaired) electrons. The Morgan fingerprint density at radius 3 is 2.56 bits per heavy atom. The van der Waals surface area contributed by atoms with Crippen LogP contribution in [0.2, 0.25) is 0 Å². The largest absolute Gasteiger partial charge is 0.347 e. The molecule has 0 unspecified atom stereocenters. The van der Waals surface area contributed by atoms with Crippen LogP contribution in [0.3, 0.4) is 0 Å². The first-order chi connectivity index (χ1) is 12.1. The molecule has 7 heteroatoms. The van der Waals surface area contributed by atoms with Crippen molar-refractivity contribution in [2.24, 2.45) is 0 Å². The fourth-order valence-corrected chi connectivity index (χ4v) is 2.58. The lowest BCUT2D eigenvalue weighted by Gasteiger charge is -2.20. The molecule has 1 atom stereocenters. The lowest BCUT2D eigenvalue weighted by atomic mass is 9.98. The van der Waals surface area contributed by atoms with Crippen LogP contribution in [0.4, 0.5) is 8.78 Å². The third kappa shape index (κ3) is 4.69. The molecule has 0 aliphatic heterocycles. The van der Waals surface area contributed by atoms with Gasteiger partial charge in [-0.05, 0) is 41.8 Å². The first-order valence-corrected chi connectivity index (χ1v) is 7.72. The Morgan fingerprint density at radius 2 is 1.88 bits per heavy atom. The Hall–Kier alpha value is -3.09. The summed E-state index contributed by atoms with van der Waals surface area (Å²) in [5.41, 5.74) is 1.31. The molecular weight excluding hydrogens is 326 g/mol. The molecule has 0 aliphatic carbocycles. The van der Waals surface area contributed by atoms with Crippen molar-refractivity contribution in [1.29, 1.82) is 0 Å². The van der Waals surface area contributed by atoms with Crippen molar-refractivity contribution in [3.63, 3.8) is 0 Å². The van der Waals surface area contributed by atoms with Crippen LogP contribution in [0.5, 0.6) is 0 Å². The van der Waals surface area contributed by atoms with Gasteiger partial charge in [0, 0.05) is 0 Å². The van der Waals surface area contributed by atoms with E-state index in [1.54, 1.807) is 24.3 Å². The maximum absolute atomic E-state index is 13.6. The van der Waals surface area contributed by atoms with Crippen molar-refractivity contribution in [3.8, 4) is 0 Å². The topological polar surface area (TPSA) is 59.8 Å². The van der Waals surface area contributed by atoms with Gasteiger partial charge in [0.05, 0.1) is 6.04 Å². The first kappa shape index (κ1) is 16.8. The lowest BCUT2D eigenvalue weighted by molar-refractivity contribution is -0.122. The molecule has 0 saturated heterocycles. The molecule has 0 spiro atoms. The van der Waals surface area contributed by atoms with Gasteiger partial charge < -0.3 is 5.32 Å². The quantitative estimate of drug-likeness (QED) is 0.749. The highest BCUT2D eigenvalue weighted by molar-refractivity contribution is 5.76. The summed E-state index contributed by atoms with van der Waals surface area (Å²) in [7, 11) is 0. The predicted octanol–water partition coefficient (Wildman–Crippen LogP) is 2.66. The van der Waals surface area contributed by atoms with E-state index in [1.165, 1.54) is 41.6 Å². The number of halogens is 2. The average Bonchev–Trinajstić information content (AvgIpc) is 3.07. The second-order valence-electron chi connectivity index (χ2n) is 5.60. The van der Waals surface area contributed by atoms with Gasteiger partial charge in [0.25, 0.3) is 0 Å². The maximum Gasteiger partial charge on any atom is 0.242 e. The van der Waals surface area contributed by atoms with Gasteiger partial charge in [-0.2, -0.15) is 5.10 Å². The molecule has 3 aromatic rings. The van der Waals surface area contributed by atoms with Crippen LogP contribution in [-0.4, -0.2) is 20.7 Å². The Kier molecular flexibility index (Phi) is 5.13. The number of benzene rings is 2. The van der Waals surface area contributed by atoms with Crippen molar-refractivity contribution in [2.75, 3.05) is 0 Å². The molecule has 2 aromatic carbocycles. The van der Waals surface area contributed by atoms with E-state index in [0.29, 0.717) is 17.5 Å². The summed E-state index contributed by atoms with van der Waals surface area (Å²) in [6.45, 7) is -0.00499. The first-order valence-electron chi connectivity index (χ1n) is 7.72. The van der Waals surface area contributed by atoms with Crippen molar-refractivity contribution in [3.05, 3.63) is 83.9 Å². The average molecular weight is 342 g/mol. The normalized spacial score (nSPS) is 11.9. The highest BCUT2D eigenvalue weighted by Crippen LogP contribution is 2.20. The number of carbonyl (C=O) groups is 1. The zero-order chi connectivity index (χ0) is 17.6. The third-order valence-electron chi connectivity index (χ3n) is 3.69. The molecule has 0 bridgehead atoms. The number of rotatable bonds is 6. The molecule has 1 amide bonds. The molecule has 1 aromatic heterocycles. The number of hydrogen-bond donors (Lipinski definition) is 1. The summed E-state index contributed by atoms with van der Waals surface area (Å²) < 4.78 is 28.4. The third-order valence-corrected chi connectivity index (χ3v) is 3.69. The van der Waals surface area contributed by atoms with Gasteiger partial charge in [0.2, 0.25) is 5.91 Å². The van der Waals surface area contributed by atoms with Crippen LogP contribution in [0, 0.1) is 11.6 Å². The summed E-state index contributed by atoms with van der Waals surface area (Å²) in [6.07, 6.45) is 3.11. The summed E-state index contributed by atoms with van der Waals surface area (Å²) in [6, 6.07) is 11.6. The molecule has 1 N–H and O–H groups in total. The number of nitrogens with one attached hydrogen (secondary N) is 1. The molecule has 25 heavy (non-hydrogen) atoms. The second-order valence-corrected chi connectivity index (χ2v) is 5.60. The maximum atomic E-state index is 13.6. The van der Waals surface area contributed by atoms with E-state index in [1.807, 2.05) is 0 Å². The molecule has 1 heterocycles. The molecule has 0 aliphatic rings. The number of nitrogens with zero attached hydrogens (tertiary/aromatic N) is 3. The summed E-state index contributed by atoms with van der Waals surface area (Å²) >= 11 is 0. The van der Waals surface area contributed by atoms with Crippen LogP contribution in [0.25, 0.3) is 0 Å². The smallest absolute Gasteiger partial charge is 0.242 e. The molecule has 0 fully saturated rings. The Balaban J connectivity index is 1.79. The van der Waals surface area contributed by atoms with E-state index in [-0.39, 0.29) is 18.3 Å². The van der Waals surface area contributed by atoms with E-state index in [2.05, 4.69) is 15.4 Å². The molecule has 5 nitrogen and oxygen atoms in total. The summed E-state index contributed by atoms with van der Waals surface area (Å²) in [5.74, 6) is -1.05. The van der Waals surface area contributed by atoms with Crippen molar-refractivity contribution >= 4 is 5.91 Å². The number of aromatic nitrogens is 3. The summed E-state index contributed by atoms with van der Waals surface area (Å²) in [5, 5.41) is 6.73. The fraction of sp³-hybridized carbons (Fsp3) is 0.167. The lowest BCUT2D eigenvalue weighted by Crippen LogP contribution is -2.33. The molecular formula is C18H16F2N4O. The molecule has 128 valence electrons. The Morgan fingerprint density at radius 1 is 1.12 bits per heavy atom. The fourth-order valence-electron chi connectivity index (χ4n) is 2.58. The highest BCUT2D eigenvalue weighted by atomic mass is 19.1. The van der Waals surface area contributed by atoms with E-state index >= 15 is 0 Å². The highest BCUT2D eigenvalue weighted by Gasteiger charge is 2.17. The van der Waals surface area contributed by atoms with Gasteiger partial charge in [-0.15, -0.1) is 0 Å². The predicted molar refractivity (Wildman–Crippen MR) is 87.4 cm³/mol. The van der Waals surface area contributed by atoms with E-state index < -0.39 is 11.9 Å². The van der Waals surface area contributed by atoms with Gasteiger partial charge in [0.15, 0.2) is 0 Å². The van der Waals surface area contributed by atoms with Crippen molar-refractivity contribution < 1.29 is 13.6 Å². The number of amides is 1. The van der Waals surface area contributed by atoms with Crippen molar-refractivity contribution in [2.45, 2.75) is 19.0 Å². The second kappa shape index (κ2) is 7.65. The van der Waals surface area contributed by atoms with Crippen LogP contribution in [-0.2, 0) is 17.8 Å². The van der Waals surface area contributed by atoms with E-state index in [4.69, 9.17) is 0 Å².